The molecule has 7 heteroatoms. The molecule has 1 saturated heterocycles. The average Bonchev–Trinajstić information content (AvgIpc) is 3.03. The summed E-state index contributed by atoms with van der Waals surface area (Å²) < 4.78 is 11.3. The largest absolute Gasteiger partial charge is 0.422 e. The standard InChI is InChI=1S/C14H21N5O2/c1-4-19-6-10(11(7-19)20-5-2)18-13-12-14(16-8-15-13)21-9(3)17-12/h8,10-11H,4-7H2,1-3H3,(H,15,16,18)/t10-,11-/m0/s1. The Labute approximate surface area is 123 Å². The number of nitrogens with zero attached hydrogens (tertiary/aromatic N) is 4. The fourth-order valence-electron chi connectivity index (χ4n) is 2.77. The second-order valence-corrected chi connectivity index (χ2v) is 5.21. The molecule has 1 fully saturated rings. The summed E-state index contributed by atoms with van der Waals surface area (Å²) in [6.45, 7) is 9.60. The third-order valence-electron chi connectivity index (χ3n) is 3.79. The summed E-state index contributed by atoms with van der Waals surface area (Å²) in [5, 5.41) is 3.46. The van der Waals surface area contributed by atoms with Gasteiger partial charge in [-0.25, -0.2) is 9.97 Å². The van der Waals surface area contributed by atoms with Crippen LogP contribution in [0.1, 0.15) is 19.7 Å². The van der Waals surface area contributed by atoms with Crippen molar-refractivity contribution in [1.82, 2.24) is 19.9 Å². The molecule has 0 aliphatic carbocycles. The smallest absolute Gasteiger partial charge is 0.252 e. The van der Waals surface area contributed by atoms with Gasteiger partial charge in [-0.1, -0.05) is 6.92 Å². The molecular formula is C14H21N5O2. The van der Waals surface area contributed by atoms with Gasteiger partial charge >= 0.3 is 0 Å². The number of anilines is 1. The topological polar surface area (TPSA) is 76.3 Å². The summed E-state index contributed by atoms with van der Waals surface area (Å²) in [6.07, 6.45) is 1.66. The molecule has 0 radical (unpaired) electrons. The van der Waals surface area contributed by atoms with Crippen molar-refractivity contribution in [2.45, 2.75) is 32.9 Å². The SMILES string of the molecule is CCO[C@H]1CN(CC)C[C@@H]1Nc1ncnc2oc(C)nc12. The van der Waals surface area contributed by atoms with Crippen molar-refractivity contribution in [3.63, 3.8) is 0 Å². The molecule has 2 atom stereocenters. The molecular weight excluding hydrogens is 270 g/mol. The first-order valence-corrected chi connectivity index (χ1v) is 7.39. The first-order chi connectivity index (χ1) is 10.2. The predicted molar refractivity (Wildman–Crippen MR) is 79.3 cm³/mol. The summed E-state index contributed by atoms with van der Waals surface area (Å²) >= 11 is 0. The van der Waals surface area contributed by atoms with Gasteiger partial charge in [0.2, 0.25) is 0 Å². The molecule has 3 rings (SSSR count). The predicted octanol–water partition coefficient (Wildman–Crippen LogP) is 1.45. The van der Waals surface area contributed by atoms with Gasteiger partial charge in [0.1, 0.15) is 6.33 Å². The molecule has 0 unspecified atom stereocenters. The molecule has 0 spiro atoms. The Bertz CT molecular complexity index is 614. The van der Waals surface area contributed by atoms with Gasteiger partial charge in [-0.15, -0.1) is 0 Å². The van der Waals surface area contributed by atoms with Crippen molar-refractivity contribution < 1.29 is 9.15 Å². The zero-order chi connectivity index (χ0) is 14.8. The molecule has 21 heavy (non-hydrogen) atoms. The Morgan fingerprint density at radius 1 is 1.38 bits per heavy atom. The third kappa shape index (κ3) is 2.84. The summed E-state index contributed by atoms with van der Waals surface area (Å²) in [4.78, 5) is 15.1. The Kier molecular flexibility index (Phi) is 4.03. The van der Waals surface area contributed by atoms with E-state index in [1.807, 2.05) is 13.8 Å². The average molecular weight is 291 g/mol. The number of likely N-dealkylation sites (tertiary alicyclic amines) is 1. The van der Waals surface area contributed by atoms with E-state index in [1.165, 1.54) is 6.33 Å². The van der Waals surface area contributed by atoms with Crippen molar-refractivity contribution in [2.75, 3.05) is 31.6 Å². The zero-order valence-electron chi connectivity index (χ0n) is 12.7. The van der Waals surface area contributed by atoms with Crippen LogP contribution in [0.3, 0.4) is 0 Å². The highest BCUT2D eigenvalue weighted by atomic mass is 16.5. The van der Waals surface area contributed by atoms with Crippen molar-refractivity contribution in [3.05, 3.63) is 12.2 Å². The van der Waals surface area contributed by atoms with Crippen LogP contribution in [0.4, 0.5) is 5.82 Å². The number of likely N-dealkylation sites (N-methyl/N-ethyl adjacent to an activating group) is 1. The van der Waals surface area contributed by atoms with Crippen LogP contribution in [0.15, 0.2) is 10.7 Å². The van der Waals surface area contributed by atoms with Crippen LogP contribution in [0.25, 0.3) is 11.2 Å². The number of aromatic nitrogens is 3. The highest BCUT2D eigenvalue weighted by Crippen LogP contribution is 2.23. The fraction of sp³-hybridized carbons (Fsp3) is 0.643. The first kappa shape index (κ1) is 14.2. The molecule has 0 bridgehead atoms. The molecule has 1 aliphatic rings. The molecule has 0 saturated carbocycles. The number of oxazole rings is 1. The van der Waals surface area contributed by atoms with E-state index >= 15 is 0 Å². The molecule has 3 heterocycles. The quantitative estimate of drug-likeness (QED) is 0.893. The van der Waals surface area contributed by atoms with Crippen LogP contribution in [-0.2, 0) is 4.74 Å². The van der Waals surface area contributed by atoms with E-state index in [0.29, 0.717) is 29.5 Å². The maximum absolute atomic E-state index is 5.85. The van der Waals surface area contributed by atoms with Crippen molar-refractivity contribution in [2.24, 2.45) is 0 Å². The Morgan fingerprint density at radius 3 is 3.00 bits per heavy atom. The number of nitrogens with one attached hydrogen (secondary N) is 1. The number of hydrogen-bond donors (Lipinski definition) is 1. The minimum atomic E-state index is 0.160. The number of ether oxygens (including phenoxy) is 1. The zero-order valence-corrected chi connectivity index (χ0v) is 12.7. The molecule has 2 aromatic heterocycles. The van der Waals surface area contributed by atoms with Gasteiger partial charge in [0.05, 0.1) is 12.1 Å². The van der Waals surface area contributed by atoms with E-state index in [2.05, 4.69) is 32.1 Å². The summed E-state index contributed by atoms with van der Waals surface area (Å²) in [7, 11) is 0. The summed E-state index contributed by atoms with van der Waals surface area (Å²) in [6, 6.07) is 0.194. The van der Waals surface area contributed by atoms with Crippen LogP contribution in [0.5, 0.6) is 0 Å². The van der Waals surface area contributed by atoms with Gasteiger partial charge in [0.15, 0.2) is 17.2 Å². The molecule has 1 aliphatic heterocycles. The van der Waals surface area contributed by atoms with Gasteiger partial charge in [0, 0.05) is 26.6 Å². The minimum Gasteiger partial charge on any atom is -0.422 e. The van der Waals surface area contributed by atoms with E-state index in [9.17, 15) is 0 Å². The maximum Gasteiger partial charge on any atom is 0.252 e. The lowest BCUT2D eigenvalue weighted by Crippen LogP contribution is -2.34. The van der Waals surface area contributed by atoms with E-state index in [1.54, 1.807) is 0 Å². The van der Waals surface area contributed by atoms with Crippen molar-refractivity contribution in [1.29, 1.82) is 0 Å². The molecule has 2 aromatic rings. The van der Waals surface area contributed by atoms with Gasteiger partial charge in [-0.05, 0) is 13.5 Å². The van der Waals surface area contributed by atoms with Gasteiger partial charge in [-0.2, -0.15) is 4.98 Å². The highest BCUT2D eigenvalue weighted by Gasteiger charge is 2.33. The second-order valence-electron chi connectivity index (χ2n) is 5.21. The van der Waals surface area contributed by atoms with Crippen LogP contribution >= 0.6 is 0 Å². The maximum atomic E-state index is 5.85. The van der Waals surface area contributed by atoms with E-state index < -0.39 is 0 Å². The molecule has 114 valence electrons. The van der Waals surface area contributed by atoms with Gasteiger partial charge in [0.25, 0.3) is 5.71 Å². The van der Waals surface area contributed by atoms with Crippen molar-refractivity contribution >= 4 is 17.0 Å². The summed E-state index contributed by atoms with van der Waals surface area (Å²) in [5.41, 5.74) is 1.20. The van der Waals surface area contributed by atoms with Gasteiger partial charge < -0.3 is 14.5 Å². The minimum absolute atomic E-state index is 0.160. The monoisotopic (exact) mass is 291 g/mol. The highest BCUT2D eigenvalue weighted by molar-refractivity contribution is 5.81. The molecule has 0 amide bonds. The Balaban J connectivity index is 1.83. The lowest BCUT2D eigenvalue weighted by molar-refractivity contribution is 0.0639. The normalized spacial score (nSPS) is 23.0. The van der Waals surface area contributed by atoms with Gasteiger partial charge in [-0.3, -0.25) is 4.90 Å². The number of hydrogen-bond acceptors (Lipinski definition) is 7. The second kappa shape index (κ2) is 5.95. The fourth-order valence-corrected chi connectivity index (χ4v) is 2.77. The van der Waals surface area contributed by atoms with Crippen molar-refractivity contribution in [3.8, 4) is 0 Å². The van der Waals surface area contributed by atoms with Crippen LogP contribution in [0.2, 0.25) is 0 Å². The first-order valence-electron chi connectivity index (χ1n) is 7.39. The molecule has 1 N–H and O–H groups in total. The van der Waals surface area contributed by atoms with Crippen LogP contribution < -0.4 is 5.32 Å². The lowest BCUT2D eigenvalue weighted by Gasteiger charge is -2.20. The Hall–Kier alpha value is -1.73. The Morgan fingerprint density at radius 2 is 2.24 bits per heavy atom. The van der Waals surface area contributed by atoms with Crippen LogP contribution in [-0.4, -0.2) is 58.2 Å². The summed E-state index contributed by atoms with van der Waals surface area (Å²) in [5.74, 6) is 1.31. The molecule has 0 aromatic carbocycles. The number of aryl methyl sites for hydroxylation is 1. The molecule has 7 nitrogen and oxygen atoms in total. The third-order valence-corrected chi connectivity index (χ3v) is 3.79. The van der Waals surface area contributed by atoms with E-state index in [4.69, 9.17) is 9.15 Å². The van der Waals surface area contributed by atoms with E-state index in [0.717, 1.165) is 19.6 Å². The number of fused-ring (bicyclic) bond motifs is 1. The number of rotatable bonds is 5. The lowest BCUT2D eigenvalue weighted by atomic mass is 10.2. The van der Waals surface area contributed by atoms with E-state index in [-0.39, 0.29) is 12.1 Å². The van der Waals surface area contributed by atoms with Crippen LogP contribution in [0, 0.1) is 6.92 Å².